The van der Waals surface area contributed by atoms with E-state index in [1.165, 1.54) is 19.3 Å². The highest BCUT2D eigenvalue weighted by molar-refractivity contribution is 5.90. The number of ether oxygens (including phenoxy) is 2. The average molecular weight is 625 g/mol. The van der Waals surface area contributed by atoms with Gasteiger partial charge in [0.15, 0.2) is 11.2 Å². The first-order valence-electron chi connectivity index (χ1n) is 16.8. The summed E-state index contributed by atoms with van der Waals surface area (Å²) in [6.45, 7) is 11.3. The fourth-order valence-corrected chi connectivity index (χ4v) is 8.00. The summed E-state index contributed by atoms with van der Waals surface area (Å²) in [5, 5.41) is 8.64. The molecule has 0 saturated carbocycles. The minimum Gasteiger partial charge on any atom is -0.450 e. The molecule has 0 spiro atoms. The number of carbonyl (C=O) groups excluding carboxylic acids is 2. The van der Waals surface area contributed by atoms with Gasteiger partial charge >= 0.3 is 11.9 Å². The van der Waals surface area contributed by atoms with Crippen molar-refractivity contribution in [1.29, 1.82) is 5.26 Å². The molecule has 2 fully saturated rings. The molecule has 0 aromatic heterocycles. The van der Waals surface area contributed by atoms with Crippen LogP contribution in [0.5, 0.6) is 0 Å². The van der Waals surface area contributed by atoms with E-state index in [9.17, 15) is 9.59 Å². The van der Waals surface area contributed by atoms with E-state index in [-0.39, 0.29) is 30.1 Å². The third-order valence-corrected chi connectivity index (χ3v) is 10.2. The molecule has 6 aliphatic rings. The Morgan fingerprint density at radius 3 is 1.74 bits per heavy atom. The zero-order chi connectivity index (χ0) is 33.1. The molecule has 6 rings (SSSR count). The highest BCUT2D eigenvalue weighted by atomic mass is 16.6. The lowest BCUT2D eigenvalue weighted by molar-refractivity contribution is -0.152. The molecule has 2 saturated heterocycles. The van der Waals surface area contributed by atoms with E-state index in [4.69, 9.17) is 14.7 Å². The maximum atomic E-state index is 12.0. The van der Waals surface area contributed by atoms with E-state index in [0.717, 1.165) is 54.6 Å². The van der Waals surface area contributed by atoms with Crippen LogP contribution in [0.4, 0.5) is 0 Å². The number of fused-ring (bicyclic) bond motifs is 6. The molecule has 46 heavy (non-hydrogen) atoms. The Labute approximate surface area is 275 Å². The molecule has 0 aliphatic carbocycles. The number of rotatable bonds is 2. The van der Waals surface area contributed by atoms with Gasteiger partial charge in [-0.2, -0.15) is 5.26 Å². The number of hydrogen-bond acceptors (Lipinski definition) is 8. The minimum absolute atomic E-state index is 0.207. The Morgan fingerprint density at radius 2 is 1.28 bits per heavy atom. The van der Waals surface area contributed by atoms with Gasteiger partial charge in [0.05, 0.1) is 24.7 Å². The van der Waals surface area contributed by atoms with Gasteiger partial charge in [0.25, 0.3) is 0 Å². The normalized spacial score (nSPS) is 33.3. The van der Waals surface area contributed by atoms with E-state index in [0.29, 0.717) is 25.4 Å². The molecule has 0 bridgehead atoms. The van der Waals surface area contributed by atoms with Crippen molar-refractivity contribution in [2.24, 2.45) is 0 Å². The topological polar surface area (TPSA) is 86.1 Å². The second-order valence-electron chi connectivity index (χ2n) is 13.8. The first-order valence-corrected chi connectivity index (χ1v) is 16.8. The quantitative estimate of drug-likeness (QED) is 0.249. The van der Waals surface area contributed by atoms with E-state index < -0.39 is 11.2 Å². The van der Waals surface area contributed by atoms with Gasteiger partial charge in [0.2, 0.25) is 0 Å². The summed E-state index contributed by atoms with van der Waals surface area (Å²) in [6, 6.07) is 3.13. The van der Waals surface area contributed by atoms with Crippen molar-refractivity contribution in [2.75, 3.05) is 33.7 Å². The molecule has 2 unspecified atom stereocenters. The summed E-state index contributed by atoms with van der Waals surface area (Å²) < 4.78 is 11.6. The van der Waals surface area contributed by atoms with Gasteiger partial charge in [-0.25, -0.2) is 9.59 Å². The number of hydrogen-bond donors (Lipinski definition) is 0. The second kappa shape index (κ2) is 14.0. The van der Waals surface area contributed by atoms with Gasteiger partial charge in [0, 0.05) is 59.4 Å². The lowest BCUT2D eigenvalue weighted by atomic mass is 9.81. The first kappa shape index (κ1) is 33.7. The number of esters is 2. The molecular weight excluding hydrogens is 576 g/mol. The first-order chi connectivity index (χ1) is 22.0. The number of nitriles is 1. The molecule has 6 heterocycles. The lowest BCUT2D eigenvalue weighted by Gasteiger charge is -2.45. The van der Waals surface area contributed by atoms with Gasteiger partial charge in [-0.3, -0.25) is 14.7 Å². The summed E-state index contributed by atoms with van der Waals surface area (Å²) in [7, 11) is 4.01. The summed E-state index contributed by atoms with van der Waals surface area (Å²) >= 11 is 0. The Morgan fingerprint density at radius 1 is 0.804 bits per heavy atom. The van der Waals surface area contributed by atoms with Gasteiger partial charge in [-0.1, -0.05) is 48.7 Å². The molecule has 0 radical (unpaired) electrons. The van der Waals surface area contributed by atoms with Crippen LogP contribution < -0.4 is 0 Å². The van der Waals surface area contributed by atoms with Crippen LogP contribution in [0.25, 0.3) is 0 Å². The second-order valence-corrected chi connectivity index (χ2v) is 13.8. The van der Waals surface area contributed by atoms with E-state index in [1.807, 2.05) is 25.9 Å². The molecule has 0 aromatic carbocycles. The number of carbonyl (C=O) groups is 2. The standard InChI is InChI=1S/C19H26N2O2.C19H22N2O2/c1-14-12-15(8-7-10-20(3)4)16-13-18(22)23-19(16,2)17-9-5-6-11-21(14)17;1-14-12-15(8-4-3-6-10-20)16-13-18(22)23-19(16,2)17-9-5-7-11-21(14)17/h12-14,17H,5-6,9-11H2,1-4H3;12-14,17H,3,5-7,9,11H2,1-2H3/t2*14-,17?,19-/m00/s1. The highest BCUT2D eigenvalue weighted by Gasteiger charge is 2.53. The van der Waals surface area contributed by atoms with Gasteiger partial charge < -0.3 is 9.47 Å². The maximum absolute atomic E-state index is 12.0. The minimum atomic E-state index is -0.613. The SMILES string of the molecule is C[C@H]1C=C(C#CCCC#N)C2=CC(=O)O[C@]2(C)C2CCCCN21.C[C@H]1C=C(C#CCN(C)C)C2=CC(=O)O[C@]2(C)C2CCCCN21. The smallest absolute Gasteiger partial charge is 0.332 e. The van der Waals surface area contributed by atoms with Crippen LogP contribution in [-0.2, 0) is 19.1 Å². The lowest BCUT2D eigenvalue weighted by Crippen LogP contribution is -2.55. The van der Waals surface area contributed by atoms with Crippen molar-refractivity contribution in [3.8, 4) is 29.8 Å². The Hall–Kier alpha value is -3.61. The predicted molar refractivity (Wildman–Crippen MR) is 178 cm³/mol. The molecule has 8 heteroatoms. The van der Waals surface area contributed by atoms with Gasteiger partial charge in [-0.15, -0.1) is 0 Å². The highest BCUT2D eigenvalue weighted by Crippen LogP contribution is 2.45. The molecule has 8 nitrogen and oxygen atoms in total. The Bertz CT molecular complexity index is 1520. The van der Waals surface area contributed by atoms with E-state index >= 15 is 0 Å². The molecule has 6 aliphatic heterocycles. The molecule has 244 valence electrons. The van der Waals surface area contributed by atoms with E-state index in [2.05, 4.69) is 72.5 Å². The third kappa shape index (κ3) is 6.74. The predicted octanol–water partition coefficient (Wildman–Crippen LogP) is 4.69. The van der Waals surface area contributed by atoms with Crippen LogP contribution in [0.2, 0.25) is 0 Å². The van der Waals surface area contributed by atoms with Crippen LogP contribution in [0.15, 0.2) is 46.6 Å². The largest absolute Gasteiger partial charge is 0.450 e. The van der Waals surface area contributed by atoms with Gasteiger partial charge in [0.1, 0.15) is 0 Å². The summed E-state index contributed by atoms with van der Waals surface area (Å²) in [4.78, 5) is 30.9. The van der Waals surface area contributed by atoms with Crippen molar-refractivity contribution < 1.29 is 19.1 Å². The maximum Gasteiger partial charge on any atom is 0.332 e. The Balaban J connectivity index is 0.000000181. The van der Waals surface area contributed by atoms with Crippen LogP contribution in [0, 0.1) is 35.0 Å². The summed E-state index contributed by atoms with van der Waals surface area (Å²) in [5.74, 6) is 12.2. The van der Waals surface area contributed by atoms with Gasteiger partial charge in [-0.05, 0) is 80.6 Å². The third-order valence-electron chi connectivity index (χ3n) is 10.2. The number of piperidine rings is 2. The van der Waals surface area contributed by atoms with Crippen molar-refractivity contribution >= 4 is 11.9 Å². The van der Waals surface area contributed by atoms with Crippen LogP contribution in [-0.4, -0.2) is 95.7 Å². The number of unbranched alkanes of at least 4 members (excludes halogenated alkanes) is 1. The molecule has 0 N–H and O–H groups in total. The van der Waals surface area contributed by atoms with Crippen molar-refractivity contribution in [2.45, 2.75) is 114 Å². The molecular formula is C38H48N4O4. The zero-order valence-corrected chi connectivity index (χ0v) is 28.3. The van der Waals surface area contributed by atoms with Crippen molar-refractivity contribution in [3.63, 3.8) is 0 Å². The number of nitrogens with zero attached hydrogens (tertiary/aromatic N) is 4. The summed E-state index contributed by atoms with van der Waals surface area (Å²) in [6.07, 6.45) is 15.4. The molecule has 0 amide bonds. The fraction of sp³-hybridized carbons (Fsp3) is 0.605. The van der Waals surface area contributed by atoms with Crippen LogP contribution in [0.1, 0.15) is 79.1 Å². The average Bonchev–Trinajstić information content (AvgIpc) is 3.47. The van der Waals surface area contributed by atoms with Crippen molar-refractivity contribution in [1.82, 2.24) is 14.7 Å². The Kier molecular flexibility index (Phi) is 10.3. The van der Waals surface area contributed by atoms with E-state index in [1.54, 1.807) is 12.2 Å². The zero-order valence-electron chi connectivity index (χ0n) is 28.3. The monoisotopic (exact) mass is 624 g/mol. The van der Waals surface area contributed by atoms with Crippen LogP contribution >= 0.6 is 0 Å². The summed E-state index contributed by atoms with van der Waals surface area (Å²) in [5.41, 5.74) is 2.54. The molecule has 0 aromatic rings. The fourth-order valence-electron chi connectivity index (χ4n) is 8.00. The molecule has 6 atom stereocenters. The van der Waals surface area contributed by atoms with Crippen LogP contribution in [0.3, 0.4) is 0 Å². The van der Waals surface area contributed by atoms with Crippen molar-refractivity contribution in [3.05, 3.63) is 46.6 Å².